The summed E-state index contributed by atoms with van der Waals surface area (Å²) >= 11 is 0. The molecule has 3 heteroatoms. The predicted octanol–water partition coefficient (Wildman–Crippen LogP) is 6.96. The normalized spacial score (nSPS) is 15.3. The largest absolute Gasteiger partial charge is 0.466 e. The first-order valence-corrected chi connectivity index (χ1v) is 12.3. The number of hydrogen-bond donors (Lipinski definition) is 1. The number of carbonyl (C=O) groups excluding carboxylic acids is 1. The van der Waals surface area contributed by atoms with Gasteiger partial charge in [0.25, 0.3) is 0 Å². The summed E-state index contributed by atoms with van der Waals surface area (Å²) in [6, 6.07) is 0. The van der Waals surface area contributed by atoms with Gasteiger partial charge < -0.3 is 10.1 Å². The Balaban J connectivity index is 1.77. The Bertz CT molecular complexity index is 375. The fourth-order valence-corrected chi connectivity index (χ4v) is 3.92. The zero-order valence-corrected chi connectivity index (χ0v) is 18.7. The van der Waals surface area contributed by atoms with Crippen molar-refractivity contribution in [1.82, 2.24) is 5.32 Å². The van der Waals surface area contributed by atoms with Crippen LogP contribution in [0.15, 0.2) is 12.2 Å². The van der Waals surface area contributed by atoms with Gasteiger partial charge >= 0.3 is 5.97 Å². The number of hydrogen-bond acceptors (Lipinski definition) is 3. The van der Waals surface area contributed by atoms with Crippen LogP contribution < -0.4 is 5.32 Å². The van der Waals surface area contributed by atoms with E-state index in [0.717, 1.165) is 38.3 Å². The van der Waals surface area contributed by atoms with Crippen molar-refractivity contribution in [2.24, 2.45) is 5.92 Å². The Morgan fingerprint density at radius 3 is 2.07 bits per heavy atom. The van der Waals surface area contributed by atoms with E-state index in [1.165, 1.54) is 83.5 Å². The van der Waals surface area contributed by atoms with Gasteiger partial charge in [-0.05, 0) is 70.4 Å². The Morgan fingerprint density at radius 1 is 0.857 bits per heavy atom. The third-order valence-corrected chi connectivity index (χ3v) is 5.89. The van der Waals surface area contributed by atoms with Gasteiger partial charge in [-0.1, -0.05) is 70.4 Å². The van der Waals surface area contributed by atoms with E-state index in [9.17, 15) is 4.79 Å². The highest BCUT2D eigenvalue weighted by Gasteiger charge is 2.13. The Kier molecular flexibility index (Phi) is 17.5. The molecule has 164 valence electrons. The first-order valence-electron chi connectivity index (χ1n) is 12.3. The highest BCUT2D eigenvalue weighted by atomic mass is 16.5. The van der Waals surface area contributed by atoms with Crippen LogP contribution in [0, 0.1) is 5.92 Å². The van der Waals surface area contributed by atoms with Crippen molar-refractivity contribution >= 4 is 5.97 Å². The minimum absolute atomic E-state index is 0.00608. The molecule has 1 saturated heterocycles. The monoisotopic (exact) mass is 393 g/mol. The molecule has 1 aliphatic heterocycles. The molecule has 0 amide bonds. The molecule has 3 nitrogen and oxygen atoms in total. The van der Waals surface area contributed by atoms with E-state index < -0.39 is 0 Å². The summed E-state index contributed by atoms with van der Waals surface area (Å²) < 4.78 is 5.40. The van der Waals surface area contributed by atoms with Crippen molar-refractivity contribution < 1.29 is 9.53 Å². The summed E-state index contributed by atoms with van der Waals surface area (Å²) in [6.45, 7) is 5.13. The number of esters is 1. The lowest BCUT2D eigenvalue weighted by atomic mass is 9.95. The molecule has 1 N–H and O–H groups in total. The van der Waals surface area contributed by atoms with Crippen molar-refractivity contribution in [1.29, 1.82) is 0 Å². The molecule has 0 unspecified atom stereocenters. The molecule has 0 aromatic rings. The fourth-order valence-electron chi connectivity index (χ4n) is 3.92. The molecule has 0 bridgehead atoms. The maximum atomic E-state index is 11.8. The SMILES string of the molecule is CCCCCCCC/C=C\CCCCCCCC(=O)OCCC1CCNCC1. The second-order valence-electron chi connectivity index (χ2n) is 8.54. The zero-order chi connectivity index (χ0) is 20.1. The number of rotatable bonds is 18. The van der Waals surface area contributed by atoms with Gasteiger partial charge in [-0.15, -0.1) is 0 Å². The highest BCUT2D eigenvalue weighted by Crippen LogP contribution is 2.16. The van der Waals surface area contributed by atoms with Crippen LogP contribution in [0.1, 0.15) is 116 Å². The van der Waals surface area contributed by atoms with Crippen LogP contribution in [0.4, 0.5) is 0 Å². The molecule has 1 rings (SSSR count). The Labute approximate surface area is 175 Å². The maximum absolute atomic E-state index is 11.8. The number of ether oxygens (including phenoxy) is 1. The molecular weight excluding hydrogens is 346 g/mol. The van der Waals surface area contributed by atoms with Crippen LogP contribution in [0.2, 0.25) is 0 Å². The van der Waals surface area contributed by atoms with Gasteiger partial charge in [-0.3, -0.25) is 4.79 Å². The first kappa shape index (κ1) is 25.2. The number of nitrogens with one attached hydrogen (secondary N) is 1. The third kappa shape index (κ3) is 16.2. The van der Waals surface area contributed by atoms with E-state index in [4.69, 9.17) is 4.74 Å². The standard InChI is InChI=1S/C25H47NO2/c1-2-3-4-5-6-7-8-9-10-11-12-13-14-15-16-17-25(27)28-23-20-24-18-21-26-22-19-24/h9-10,24,26H,2-8,11-23H2,1H3/b10-9-. The van der Waals surface area contributed by atoms with E-state index in [-0.39, 0.29) is 5.97 Å². The van der Waals surface area contributed by atoms with Crippen molar-refractivity contribution in [2.45, 2.75) is 116 Å². The lowest BCUT2D eigenvalue weighted by molar-refractivity contribution is -0.144. The van der Waals surface area contributed by atoms with Crippen LogP contribution in [-0.2, 0) is 9.53 Å². The Morgan fingerprint density at radius 2 is 1.43 bits per heavy atom. The minimum Gasteiger partial charge on any atom is -0.466 e. The van der Waals surface area contributed by atoms with Gasteiger partial charge in [0.15, 0.2) is 0 Å². The van der Waals surface area contributed by atoms with Crippen LogP contribution in [-0.4, -0.2) is 25.7 Å². The van der Waals surface area contributed by atoms with Crippen molar-refractivity contribution in [2.75, 3.05) is 19.7 Å². The molecule has 1 aliphatic rings. The number of piperidine rings is 1. The predicted molar refractivity (Wildman–Crippen MR) is 121 cm³/mol. The molecule has 28 heavy (non-hydrogen) atoms. The molecule has 0 radical (unpaired) electrons. The molecule has 0 atom stereocenters. The summed E-state index contributed by atoms with van der Waals surface area (Å²) in [5, 5.41) is 3.37. The minimum atomic E-state index is 0.00608. The van der Waals surface area contributed by atoms with E-state index in [0.29, 0.717) is 13.0 Å². The summed E-state index contributed by atoms with van der Waals surface area (Å²) in [7, 11) is 0. The molecule has 0 aromatic carbocycles. The van der Waals surface area contributed by atoms with Crippen LogP contribution in [0.5, 0.6) is 0 Å². The molecule has 1 heterocycles. The molecule has 1 fully saturated rings. The summed E-state index contributed by atoms with van der Waals surface area (Å²) in [5.41, 5.74) is 0. The van der Waals surface area contributed by atoms with Gasteiger partial charge in [0, 0.05) is 6.42 Å². The fraction of sp³-hybridized carbons (Fsp3) is 0.880. The van der Waals surface area contributed by atoms with E-state index >= 15 is 0 Å². The molecule has 0 aliphatic carbocycles. The molecular formula is C25H47NO2. The maximum Gasteiger partial charge on any atom is 0.305 e. The van der Waals surface area contributed by atoms with E-state index in [1.807, 2.05) is 0 Å². The molecule has 0 spiro atoms. The summed E-state index contributed by atoms with van der Waals surface area (Å²) in [6.07, 6.45) is 25.6. The van der Waals surface area contributed by atoms with Crippen molar-refractivity contribution in [3.05, 3.63) is 12.2 Å². The van der Waals surface area contributed by atoms with Gasteiger partial charge in [-0.2, -0.15) is 0 Å². The Hall–Kier alpha value is -0.830. The lowest BCUT2D eigenvalue weighted by Gasteiger charge is -2.22. The smallest absolute Gasteiger partial charge is 0.305 e. The number of allylic oxidation sites excluding steroid dienone is 2. The van der Waals surface area contributed by atoms with Crippen LogP contribution in [0.3, 0.4) is 0 Å². The zero-order valence-electron chi connectivity index (χ0n) is 18.7. The van der Waals surface area contributed by atoms with E-state index in [1.54, 1.807) is 0 Å². The van der Waals surface area contributed by atoms with Gasteiger partial charge in [0.05, 0.1) is 6.61 Å². The third-order valence-electron chi connectivity index (χ3n) is 5.89. The molecule has 0 saturated carbocycles. The topological polar surface area (TPSA) is 38.3 Å². The van der Waals surface area contributed by atoms with E-state index in [2.05, 4.69) is 24.4 Å². The quantitative estimate of drug-likeness (QED) is 0.155. The van der Waals surface area contributed by atoms with Crippen molar-refractivity contribution in [3.63, 3.8) is 0 Å². The summed E-state index contributed by atoms with van der Waals surface area (Å²) in [5.74, 6) is 0.750. The van der Waals surface area contributed by atoms with Gasteiger partial charge in [0.2, 0.25) is 0 Å². The second-order valence-corrected chi connectivity index (χ2v) is 8.54. The lowest BCUT2D eigenvalue weighted by Crippen LogP contribution is -2.28. The first-order chi connectivity index (χ1) is 13.8. The second kappa shape index (κ2) is 19.5. The summed E-state index contributed by atoms with van der Waals surface area (Å²) in [4.78, 5) is 11.8. The number of carbonyl (C=O) groups is 1. The van der Waals surface area contributed by atoms with Gasteiger partial charge in [-0.25, -0.2) is 0 Å². The average molecular weight is 394 g/mol. The molecule has 0 aromatic heterocycles. The van der Waals surface area contributed by atoms with Crippen molar-refractivity contribution in [3.8, 4) is 0 Å². The highest BCUT2D eigenvalue weighted by molar-refractivity contribution is 5.69. The van der Waals surface area contributed by atoms with Gasteiger partial charge in [0.1, 0.15) is 0 Å². The van der Waals surface area contributed by atoms with Crippen LogP contribution in [0.25, 0.3) is 0 Å². The number of unbranched alkanes of at least 4 members (excludes halogenated alkanes) is 11. The average Bonchev–Trinajstić information content (AvgIpc) is 2.71. The van der Waals surface area contributed by atoms with Crippen LogP contribution >= 0.6 is 0 Å².